The molecule has 0 unspecified atom stereocenters. The van der Waals surface area contributed by atoms with E-state index in [1.807, 2.05) is 26.0 Å². The fraction of sp³-hybridized carbons (Fsp3) is 0.286. The molecule has 0 N–H and O–H groups in total. The molecule has 0 atom stereocenters. The highest BCUT2D eigenvalue weighted by atomic mass is 16.5. The molecule has 0 aliphatic carbocycles. The number of oxazole rings is 1. The summed E-state index contributed by atoms with van der Waals surface area (Å²) in [5, 5.41) is 4.06. The van der Waals surface area contributed by atoms with E-state index in [0.717, 1.165) is 0 Å². The van der Waals surface area contributed by atoms with Gasteiger partial charge in [-0.15, -0.1) is 0 Å². The third-order valence-corrected chi connectivity index (χ3v) is 4.73. The van der Waals surface area contributed by atoms with Crippen LogP contribution in [0, 0.1) is 0 Å². The van der Waals surface area contributed by atoms with Crippen LogP contribution in [0.3, 0.4) is 0 Å². The maximum absolute atomic E-state index is 12.1. The van der Waals surface area contributed by atoms with Crippen molar-refractivity contribution in [1.82, 2.24) is 14.7 Å². The molecule has 4 aromatic rings. The summed E-state index contributed by atoms with van der Waals surface area (Å²) in [4.78, 5) is 16.6. The average molecular weight is 411 g/mol. The van der Waals surface area contributed by atoms with Crippen LogP contribution in [0.1, 0.15) is 19.9 Å². The zero-order chi connectivity index (χ0) is 21.4. The van der Waals surface area contributed by atoms with Crippen LogP contribution in [0.4, 0.5) is 0 Å². The Hall–Kier alpha value is -3.75. The summed E-state index contributed by atoms with van der Waals surface area (Å²) in [6, 6.07) is 8.79. The van der Waals surface area contributed by atoms with Crippen molar-refractivity contribution < 1.29 is 23.2 Å². The van der Waals surface area contributed by atoms with Crippen molar-refractivity contribution in [2.45, 2.75) is 19.9 Å². The summed E-state index contributed by atoms with van der Waals surface area (Å²) in [6.07, 6.45) is 0. The number of hydrogen-bond acceptors (Lipinski definition) is 8. The first-order valence-corrected chi connectivity index (χ1v) is 9.26. The standard InChI is InChI=1S/C21H21N3O6/c1-11(2)24-14-7-6-12(8-15(14)29-21(24)25)19-22-20(30-23-19)13-9-16(26-3)18(28-5)17(10-13)27-4/h6-11H,1-5H3. The van der Waals surface area contributed by atoms with E-state index >= 15 is 0 Å². The van der Waals surface area contributed by atoms with Crippen molar-refractivity contribution in [3.63, 3.8) is 0 Å². The van der Waals surface area contributed by atoms with Crippen molar-refractivity contribution in [2.24, 2.45) is 0 Å². The number of aromatic nitrogens is 3. The molecular formula is C21H21N3O6. The van der Waals surface area contributed by atoms with Gasteiger partial charge in [0.05, 0.1) is 26.8 Å². The van der Waals surface area contributed by atoms with E-state index in [-0.39, 0.29) is 11.9 Å². The highest BCUT2D eigenvalue weighted by Gasteiger charge is 2.19. The molecule has 2 aromatic carbocycles. The fourth-order valence-electron chi connectivity index (χ4n) is 3.33. The average Bonchev–Trinajstić information content (AvgIpc) is 3.35. The molecule has 30 heavy (non-hydrogen) atoms. The molecule has 0 aliphatic heterocycles. The molecule has 9 heteroatoms. The van der Waals surface area contributed by atoms with Crippen LogP contribution in [0.15, 0.2) is 44.1 Å². The Morgan fingerprint density at radius 1 is 0.967 bits per heavy atom. The Balaban J connectivity index is 1.75. The van der Waals surface area contributed by atoms with Gasteiger partial charge in [-0.05, 0) is 44.2 Å². The van der Waals surface area contributed by atoms with Crippen LogP contribution >= 0.6 is 0 Å². The van der Waals surface area contributed by atoms with Crippen LogP contribution in [0.2, 0.25) is 0 Å². The van der Waals surface area contributed by atoms with Gasteiger partial charge in [0.2, 0.25) is 11.6 Å². The van der Waals surface area contributed by atoms with Gasteiger partial charge in [-0.25, -0.2) is 4.79 Å². The van der Waals surface area contributed by atoms with Gasteiger partial charge in [-0.3, -0.25) is 4.57 Å². The lowest BCUT2D eigenvalue weighted by molar-refractivity contribution is 0.324. The molecule has 0 amide bonds. The lowest BCUT2D eigenvalue weighted by atomic mass is 10.1. The van der Waals surface area contributed by atoms with Crippen LogP contribution in [-0.4, -0.2) is 36.0 Å². The predicted molar refractivity (Wildman–Crippen MR) is 109 cm³/mol. The molecule has 4 rings (SSSR count). The number of rotatable bonds is 6. The maximum atomic E-state index is 12.1. The number of nitrogens with zero attached hydrogens (tertiary/aromatic N) is 3. The molecule has 0 radical (unpaired) electrons. The van der Waals surface area contributed by atoms with Gasteiger partial charge >= 0.3 is 5.76 Å². The van der Waals surface area contributed by atoms with Crippen molar-refractivity contribution in [1.29, 1.82) is 0 Å². The highest BCUT2D eigenvalue weighted by molar-refractivity contribution is 5.79. The number of fused-ring (bicyclic) bond motifs is 1. The second kappa shape index (κ2) is 7.58. The van der Waals surface area contributed by atoms with E-state index in [1.54, 1.807) is 22.8 Å². The molecule has 0 aliphatic rings. The van der Waals surface area contributed by atoms with Crippen molar-refractivity contribution in [2.75, 3.05) is 21.3 Å². The van der Waals surface area contributed by atoms with Gasteiger partial charge < -0.3 is 23.2 Å². The summed E-state index contributed by atoms with van der Waals surface area (Å²) in [5.41, 5.74) is 2.45. The lowest BCUT2D eigenvalue weighted by Gasteiger charge is -2.12. The van der Waals surface area contributed by atoms with Gasteiger partial charge in [-0.2, -0.15) is 4.98 Å². The van der Waals surface area contributed by atoms with E-state index < -0.39 is 5.76 Å². The molecule has 9 nitrogen and oxygen atoms in total. The van der Waals surface area contributed by atoms with Crippen molar-refractivity contribution in [3.8, 4) is 40.1 Å². The zero-order valence-electron chi connectivity index (χ0n) is 17.3. The molecule has 0 saturated carbocycles. The second-order valence-electron chi connectivity index (χ2n) is 6.85. The Kier molecular flexibility index (Phi) is 4.94. The smallest absolute Gasteiger partial charge is 0.420 e. The van der Waals surface area contributed by atoms with E-state index in [2.05, 4.69) is 10.1 Å². The van der Waals surface area contributed by atoms with Gasteiger partial charge in [0.15, 0.2) is 17.1 Å². The molecule has 156 valence electrons. The number of hydrogen-bond donors (Lipinski definition) is 0. The Morgan fingerprint density at radius 3 is 2.27 bits per heavy atom. The van der Waals surface area contributed by atoms with Gasteiger partial charge in [-0.1, -0.05) is 5.16 Å². The molecule has 2 aromatic heterocycles. The van der Waals surface area contributed by atoms with E-state index in [4.69, 9.17) is 23.2 Å². The summed E-state index contributed by atoms with van der Waals surface area (Å²) < 4.78 is 28.5. The summed E-state index contributed by atoms with van der Waals surface area (Å²) in [6.45, 7) is 3.85. The topological polar surface area (TPSA) is 102 Å². The molecule has 0 bridgehead atoms. The Labute approximate surface area is 171 Å². The Bertz CT molecular complexity index is 1240. The first kappa shape index (κ1) is 19.6. The van der Waals surface area contributed by atoms with Gasteiger partial charge in [0.25, 0.3) is 5.89 Å². The minimum atomic E-state index is -0.400. The molecule has 0 saturated heterocycles. The quantitative estimate of drug-likeness (QED) is 0.470. The van der Waals surface area contributed by atoms with Crippen LogP contribution < -0.4 is 20.0 Å². The van der Waals surface area contributed by atoms with Crippen molar-refractivity contribution >= 4 is 11.1 Å². The number of benzene rings is 2. The van der Waals surface area contributed by atoms with Gasteiger partial charge in [0.1, 0.15) is 0 Å². The zero-order valence-corrected chi connectivity index (χ0v) is 17.3. The summed E-state index contributed by atoms with van der Waals surface area (Å²) >= 11 is 0. The molecular weight excluding hydrogens is 390 g/mol. The number of methoxy groups -OCH3 is 3. The summed E-state index contributed by atoms with van der Waals surface area (Å²) in [7, 11) is 4.60. The van der Waals surface area contributed by atoms with Gasteiger partial charge in [0, 0.05) is 17.2 Å². The molecule has 0 fully saturated rings. The Morgan fingerprint density at radius 2 is 1.67 bits per heavy atom. The van der Waals surface area contributed by atoms with E-state index in [0.29, 0.717) is 45.3 Å². The molecule has 2 heterocycles. The van der Waals surface area contributed by atoms with Crippen LogP contribution in [-0.2, 0) is 0 Å². The SMILES string of the molecule is COc1cc(-c2nc(-c3ccc4c(c3)oc(=O)n4C(C)C)no2)cc(OC)c1OC. The van der Waals surface area contributed by atoms with Crippen molar-refractivity contribution in [3.05, 3.63) is 40.9 Å². The van der Waals surface area contributed by atoms with Crippen LogP contribution in [0.5, 0.6) is 17.2 Å². The monoisotopic (exact) mass is 411 g/mol. The molecule has 0 spiro atoms. The first-order chi connectivity index (χ1) is 14.5. The minimum absolute atomic E-state index is 0.0126. The number of ether oxygens (including phenoxy) is 3. The first-order valence-electron chi connectivity index (χ1n) is 9.26. The second-order valence-corrected chi connectivity index (χ2v) is 6.85. The predicted octanol–water partition coefficient (Wildman–Crippen LogP) is 3.92. The maximum Gasteiger partial charge on any atom is 0.420 e. The minimum Gasteiger partial charge on any atom is -0.493 e. The van der Waals surface area contributed by atoms with Crippen LogP contribution in [0.25, 0.3) is 33.9 Å². The third kappa shape index (κ3) is 3.18. The highest BCUT2D eigenvalue weighted by Crippen LogP contribution is 2.41. The third-order valence-electron chi connectivity index (χ3n) is 4.73. The largest absolute Gasteiger partial charge is 0.493 e. The normalized spacial score (nSPS) is 11.3. The van der Waals surface area contributed by atoms with E-state index in [1.165, 1.54) is 21.3 Å². The van der Waals surface area contributed by atoms with E-state index in [9.17, 15) is 4.79 Å². The fourth-order valence-corrected chi connectivity index (χ4v) is 3.33. The summed E-state index contributed by atoms with van der Waals surface area (Å²) in [5.74, 6) is 1.67. The lowest BCUT2D eigenvalue weighted by Crippen LogP contribution is -2.15.